The molecule has 0 fully saturated rings. The summed E-state index contributed by atoms with van der Waals surface area (Å²) in [6, 6.07) is 0. The van der Waals surface area contributed by atoms with Crippen LogP contribution in [-0.2, 0) is 17.1 Å². The third kappa shape index (κ3) is 3.08. The molecule has 5 aliphatic rings. The molecular weight excluding hydrogens is 374 g/mol. The van der Waals surface area contributed by atoms with Gasteiger partial charge in [0.1, 0.15) is 0 Å². The maximum atomic E-state index is 6.09. The van der Waals surface area contributed by atoms with Crippen molar-refractivity contribution in [3.63, 3.8) is 0 Å². The zero-order chi connectivity index (χ0) is 16.8. The summed E-state index contributed by atoms with van der Waals surface area (Å²) in [5, 5.41) is 0. The van der Waals surface area contributed by atoms with Gasteiger partial charge in [-0.2, -0.15) is 0 Å². The molecule has 1 radical (unpaired) electrons. The van der Waals surface area contributed by atoms with E-state index in [0.717, 1.165) is 45.6 Å². The average molecular weight is 387 g/mol. The zero-order valence-electron chi connectivity index (χ0n) is 13.5. The van der Waals surface area contributed by atoms with Gasteiger partial charge in [-0.3, -0.25) is 0 Å². The second-order valence-corrected chi connectivity index (χ2v) is 5.98. The van der Waals surface area contributed by atoms with E-state index >= 15 is 0 Å². The van der Waals surface area contributed by atoms with Gasteiger partial charge in [-0.1, -0.05) is 0 Å². The second kappa shape index (κ2) is 6.33. The summed E-state index contributed by atoms with van der Waals surface area (Å²) in [4.78, 5) is 18.3. The minimum Gasteiger partial charge on any atom is -0.397 e. The van der Waals surface area contributed by atoms with Gasteiger partial charge in [0.15, 0.2) is 0 Å². The van der Waals surface area contributed by atoms with E-state index in [0.29, 0.717) is 5.70 Å². The molecule has 26 heavy (non-hydrogen) atoms. The molecule has 0 amide bonds. The Labute approximate surface area is 161 Å². The van der Waals surface area contributed by atoms with Crippen LogP contribution in [0.4, 0.5) is 0 Å². The molecule has 0 spiro atoms. The Morgan fingerprint density at radius 1 is 0.500 bits per heavy atom. The van der Waals surface area contributed by atoms with E-state index in [2.05, 4.69) is 20.0 Å². The van der Waals surface area contributed by atoms with Crippen LogP contribution in [0.2, 0.25) is 0 Å². The van der Waals surface area contributed by atoms with Gasteiger partial charge >= 0.3 is 0 Å². The van der Waals surface area contributed by atoms with E-state index in [1.54, 1.807) is 0 Å². The number of aliphatic imine (C=N–C) groups is 4. The molecule has 5 aliphatic heterocycles. The van der Waals surface area contributed by atoms with E-state index in [4.69, 9.17) is 5.73 Å². The van der Waals surface area contributed by atoms with Crippen LogP contribution in [0.15, 0.2) is 115 Å². The van der Waals surface area contributed by atoms with Crippen molar-refractivity contribution >= 4 is 22.8 Å². The number of rotatable bonds is 0. The van der Waals surface area contributed by atoms with Crippen molar-refractivity contribution < 1.29 is 17.1 Å². The number of fused-ring (bicyclic) bond motifs is 4. The van der Waals surface area contributed by atoms with Gasteiger partial charge < -0.3 is 5.73 Å². The van der Waals surface area contributed by atoms with Crippen molar-refractivity contribution in [3.05, 3.63) is 95.3 Å². The van der Waals surface area contributed by atoms with Crippen LogP contribution in [0.3, 0.4) is 0 Å². The number of hydrogen-bond acceptors (Lipinski definition) is 5. The monoisotopic (exact) mass is 386 g/mol. The SMILES string of the molecule is NC1=CC2=CC3=NC(=CC4=NC(=CC5=NC(=CC1=N2)C=C5)C=C4)C=C3.[Cu]. The Hall–Kier alpha value is -3.08. The number of hydrogen-bond donors (Lipinski definition) is 1. The van der Waals surface area contributed by atoms with Gasteiger partial charge in [-0.15, -0.1) is 0 Å². The number of nitrogens with two attached hydrogens (primary N) is 1. The largest absolute Gasteiger partial charge is 0.397 e. The maximum Gasteiger partial charge on any atom is 0.0888 e. The van der Waals surface area contributed by atoms with Crippen LogP contribution in [0.1, 0.15) is 0 Å². The van der Waals surface area contributed by atoms with Crippen LogP contribution < -0.4 is 5.73 Å². The fourth-order valence-electron chi connectivity index (χ4n) is 2.92. The first-order valence-electron chi connectivity index (χ1n) is 7.95. The molecule has 0 aromatic carbocycles. The van der Waals surface area contributed by atoms with Crippen molar-refractivity contribution in [1.29, 1.82) is 0 Å². The molecule has 5 rings (SSSR count). The van der Waals surface area contributed by atoms with Gasteiger partial charge in [0.2, 0.25) is 0 Å². The Morgan fingerprint density at radius 2 is 0.962 bits per heavy atom. The molecule has 5 heterocycles. The van der Waals surface area contributed by atoms with Crippen LogP contribution in [0.5, 0.6) is 0 Å². The summed E-state index contributed by atoms with van der Waals surface area (Å²) >= 11 is 0. The van der Waals surface area contributed by atoms with E-state index in [-0.39, 0.29) is 17.1 Å². The fraction of sp³-hybridized carbons (Fsp3) is 0. The summed E-state index contributed by atoms with van der Waals surface area (Å²) in [6.07, 6.45) is 21.3. The van der Waals surface area contributed by atoms with Crippen molar-refractivity contribution in [2.75, 3.05) is 0 Å². The number of allylic oxidation sites excluding steroid dienone is 11. The standard InChI is InChI=1S/C20H13N5.Cu/c21-19-10-18-9-16-4-3-14(23-16)7-12-1-2-13(22-12)8-15-5-6-17(24-15)11-20(19)25-18;/h1-11H,21H2;. The molecule has 0 saturated carbocycles. The van der Waals surface area contributed by atoms with Crippen LogP contribution >= 0.6 is 0 Å². The topological polar surface area (TPSA) is 75.5 Å². The van der Waals surface area contributed by atoms with E-state index in [1.807, 2.05) is 66.8 Å². The first-order chi connectivity index (χ1) is 12.2. The van der Waals surface area contributed by atoms with Crippen molar-refractivity contribution in [2.45, 2.75) is 0 Å². The molecular formula is C20H13CuN5. The van der Waals surface area contributed by atoms with Crippen LogP contribution in [0.25, 0.3) is 0 Å². The normalized spacial score (nSPS) is 21.8. The van der Waals surface area contributed by atoms with Crippen molar-refractivity contribution in [3.8, 4) is 0 Å². The summed E-state index contributed by atoms with van der Waals surface area (Å²) in [6.45, 7) is 0. The Bertz CT molecular complexity index is 1080. The minimum atomic E-state index is 0. The van der Waals surface area contributed by atoms with Crippen molar-refractivity contribution in [2.24, 2.45) is 25.7 Å². The second-order valence-electron chi connectivity index (χ2n) is 5.98. The third-order valence-electron chi connectivity index (χ3n) is 4.07. The molecule has 0 unspecified atom stereocenters. The van der Waals surface area contributed by atoms with Crippen molar-refractivity contribution in [1.82, 2.24) is 0 Å². The molecule has 2 N–H and O–H groups in total. The Morgan fingerprint density at radius 3 is 1.50 bits per heavy atom. The van der Waals surface area contributed by atoms with Gasteiger partial charge in [-0.25, -0.2) is 20.0 Å². The quantitative estimate of drug-likeness (QED) is 0.638. The fourth-order valence-corrected chi connectivity index (χ4v) is 2.92. The first kappa shape index (κ1) is 16.4. The molecule has 0 aliphatic carbocycles. The molecule has 129 valence electrons. The summed E-state index contributed by atoms with van der Waals surface area (Å²) in [5.74, 6) is 0. The van der Waals surface area contributed by atoms with Gasteiger partial charge in [0.25, 0.3) is 0 Å². The first-order valence-corrected chi connectivity index (χ1v) is 7.95. The van der Waals surface area contributed by atoms with E-state index < -0.39 is 0 Å². The summed E-state index contributed by atoms with van der Waals surface area (Å²) < 4.78 is 0. The Balaban J connectivity index is 0.00000168. The van der Waals surface area contributed by atoms with Gasteiger partial charge in [0, 0.05) is 17.1 Å². The molecule has 0 saturated heterocycles. The number of nitrogens with zero attached hydrogens (tertiary/aromatic N) is 4. The van der Waals surface area contributed by atoms with Gasteiger partial charge in [0.05, 0.1) is 51.3 Å². The van der Waals surface area contributed by atoms with E-state index in [9.17, 15) is 0 Å². The predicted octanol–water partition coefficient (Wildman–Crippen LogP) is 2.86. The molecule has 0 atom stereocenters. The van der Waals surface area contributed by atoms with Crippen LogP contribution in [0, 0.1) is 0 Å². The van der Waals surface area contributed by atoms with Gasteiger partial charge in [-0.05, 0) is 66.8 Å². The molecule has 0 aromatic heterocycles. The molecule has 5 nitrogen and oxygen atoms in total. The third-order valence-corrected chi connectivity index (χ3v) is 4.07. The summed E-state index contributed by atoms with van der Waals surface area (Å²) in [5.41, 5.74) is 13.3. The predicted molar refractivity (Wildman–Crippen MR) is 102 cm³/mol. The molecule has 8 bridgehead atoms. The smallest absolute Gasteiger partial charge is 0.0888 e. The maximum absolute atomic E-state index is 6.09. The Kier molecular flexibility index (Phi) is 3.99. The molecule has 0 aromatic rings. The minimum absolute atomic E-state index is 0. The average Bonchev–Trinajstić information content (AvgIpc) is 3.33. The van der Waals surface area contributed by atoms with Crippen LogP contribution in [-0.4, -0.2) is 22.8 Å². The molecule has 6 heteroatoms. The van der Waals surface area contributed by atoms with E-state index in [1.165, 1.54) is 0 Å². The zero-order valence-corrected chi connectivity index (χ0v) is 14.5. The summed E-state index contributed by atoms with van der Waals surface area (Å²) in [7, 11) is 0.